The topological polar surface area (TPSA) is 70.1 Å². The van der Waals surface area contributed by atoms with E-state index in [9.17, 15) is 4.79 Å². The third-order valence-corrected chi connectivity index (χ3v) is 3.91. The minimum absolute atomic E-state index is 0.223. The van der Waals surface area contributed by atoms with Gasteiger partial charge in [-0.3, -0.25) is 4.68 Å². The first kappa shape index (κ1) is 12.1. The zero-order chi connectivity index (χ0) is 12.8. The van der Waals surface area contributed by atoms with Gasteiger partial charge in [0.15, 0.2) is 5.69 Å². The molecule has 0 bridgehead atoms. The molecule has 2 rings (SSSR count). The highest BCUT2D eigenvalue weighted by Crippen LogP contribution is 2.49. The van der Waals surface area contributed by atoms with Gasteiger partial charge in [-0.2, -0.15) is 5.10 Å². The van der Waals surface area contributed by atoms with E-state index in [0.717, 1.165) is 18.4 Å². The lowest BCUT2D eigenvalue weighted by Gasteiger charge is -2.31. The molecule has 5 heteroatoms. The van der Waals surface area contributed by atoms with Crippen molar-refractivity contribution in [3.8, 4) is 0 Å². The van der Waals surface area contributed by atoms with Crippen LogP contribution in [0, 0.1) is 0 Å². The third kappa shape index (κ3) is 1.74. The fraction of sp³-hybridized carbons (Fsp3) is 0.667. The summed E-state index contributed by atoms with van der Waals surface area (Å²) in [5.74, 6) is -0.405. The van der Waals surface area contributed by atoms with Gasteiger partial charge in [0.05, 0.1) is 7.11 Å². The molecule has 0 aliphatic heterocycles. The summed E-state index contributed by atoms with van der Waals surface area (Å²) in [7, 11) is 3.16. The Kier molecular flexibility index (Phi) is 2.54. The first-order valence-corrected chi connectivity index (χ1v) is 5.73. The second-order valence-electron chi connectivity index (χ2n) is 5.34. The summed E-state index contributed by atoms with van der Waals surface area (Å²) in [4.78, 5) is 11.7. The molecule has 17 heavy (non-hydrogen) atoms. The van der Waals surface area contributed by atoms with Crippen LogP contribution in [-0.4, -0.2) is 28.4 Å². The largest absolute Gasteiger partial charge is 0.464 e. The van der Waals surface area contributed by atoms with Crippen LogP contribution in [0.5, 0.6) is 0 Å². The van der Waals surface area contributed by atoms with E-state index in [0.29, 0.717) is 5.69 Å². The molecular weight excluding hydrogens is 218 g/mol. The lowest BCUT2D eigenvalue weighted by molar-refractivity contribution is 0.0589. The van der Waals surface area contributed by atoms with Crippen molar-refractivity contribution in [2.45, 2.75) is 37.6 Å². The Morgan fingerprint density at radius 2 is 2.18 bits per heavy atom. The molecular formula is C12H19N3O2. The van der Waals surface area contributed by atoms with Crippen LogP contribution in [0.25, 0.3) is 0 Å². The molecule has 0 atom stereocenters. The van der Waals surface area contributed by atoms with Gasteiger partial charge in [0.1, 0.15) is 0 Å². The van der Waals surface area contributed by atoms with E-state index >= 15 is 0 Å². The number of nitrogens with zero attached hydrogens (tertiary/aromatic N) is 2. The predicted octanol–water partition coefficient (Wildman–Crippen LogP) is 0.976. The van der Waals surface area contributed by atoms with Gasteiger partial charge in [-0.05, 0) is 12.8 Å². The van der Waals surface area contributed by atoms with E-state index in [1.165, 1.54) is 7.11 Å². The van der Waals surface area contributed by atoms with E-state index in [4.69, 9.17) is 10.5 Å². The Balaban J connectivity index is 2.48. The zero-order valence-corrected chi connectivity index (χ0v) is 10.8. The second kappa shape index (κ2) is 3.57. The number of carbonyl (C=O) groups excluding carboxylic acids is 1. The Labute approximate surface area is 101 Å². The predicted molar refractivity (Wildman–Crippen MR) is 63.7 cm³/mol. The van der Waals surface area contributed by atoms with Gasteiger partial charge < -0.3 is 10.5 Å². The lowest BCUT2D eigenvalue weighted by atomic mass is 9.76. The lowest BCUT2D eigenvalue weighted by Crippen LogP contribution is -2.44. The molecule has 5 nitrogen and oxygen atoms in total. The maximum absolute atomic E-state index is 11.7. The maximum atomic E-state index is 11.7. The number of hydrogen-bond donors (Lipinski definition) is 1. The van der Waals surface area contributed by atoms with Crippen LogP contribution in [0.3, 0.4) is 0 Å². The molecule has 0 amide bonds. The first-order valence-electron chi connectivity index (χ1n) is 5.73. The van der Waals surface area contributed by atoms with Gasteiger partial charge in [-0.1, -0.05) is 13.8 Å². The SMILES string of the molecule is COC(=O)c1nn(C)cc1C(C)(C)C1(N)CC1. The molecule has 0 saturated heterocycles. The van der Waals surface area contributed by atoms with E-state index < -0.39 is 5.97 Å². The highest BCUT2D eigenvalue weighted by Gasteiger charge is 2.53. The van der Waals surface area contributed by atoms with Crippen LogP contribution in [0.4, 0.5) is 0 Å². The average Bonchev–Trinajstić information content (AvgIpc) is 2.89. The number of aryl methyl sites for hydroxylation is 1. The molecule has 0 radical (unpaired) electrons. The van der Waals surface area contributed by atoms with Gasteiger partial charge in [0.25, 0.3) is 0 Å². The van der Waals surface area contributed by atoms with E-state index in [1.54, 1.807) is 11.7 Å². The molecule has 0 spiro atoms. The molecule has 94 valence electrons. The van der Waals surface area contributed by atoms with Gasteiger partial charge in [0.2, 0.25) is 0 Å². The number of methoxy groups -OCH3 is 1. The van der Waals surface area contributed by atoms with Crippen LogP contribution in [0.1, 0.15) is 42.7 Å². The third-order valence-electron chi connectivity index (χ3n) is 3.91. The van der Waals surface area contributed by atoms with Gasteiger partial charge >= 0.3 is 5.97 Å². The normalized spacial score (nSPS) is 17.9. The summed E-state index contributed by atoms with van der Waals surface area (Å²) < 4.78 is 6.40. The Morgan fingerprint density at radius 1 is 1.59 bits per heavy atom. The number of ether oxygens (including phenoxy) is 1. The van der Waals surface area contributed by atoms with Crippen LogP contribution >= 0.6 is 0 Å². The minimum Gasteiger partial charge on any atom is -0.464 e. The second-order valence-corrected chi connectivity index (χ2v) is 5.34. The highest BCUT2D eigenvalue weighted by atomic mass is 16.5. The molecule has 0 unspecified atom stereocenters. The van der Waals surface area contributed by atoms with Gasteiger partial charge in [0, 0.05) is 29.8 Å². The number of esters is 1. The smallest absolute Gasteiger partial charge is 0.358 e. The molecule has 1 saturated carbocycles. The molecule has 1 heterocycles. The molecule has 2 N–H and O–H groups in total. The number of carbonyl (C=O) groups is 1. The Bertz CT molecular complexity index is 458. The van der Waals surface area contributed by atoms with Crippen molar-refractivity contribution in [1.29, 1.82) is 0 Å². The van der Waals surface area contributed by atoms with Crippen molar-refractivity contribution in [2.24, 2.45) is 12.8 Å². The molecule has 1 aliphatic carbocycles. The summed E-state index contributed by atoms with van der Waals surface area (Å²) in [5, 5.41) is 4.18. The molecule has 0 aromatic carbocycles. The molecule has 1 fully saturated rings. The van der Waals surface area contributed by atoms with Crippen LogP contribution < -0.4 is 5.73 Å². The quantitative estimate of drug-likeness (QED) is 0.795. The fourth-order valence-electron chi connectivity index (χ4n) is 2.22. The highest BCUT2D eigenvalue weighted by molar-refractivity contribution is 5.89. The van der Waals surface area contributed by atoms with Gasteiger partial charge in [-0.15, -0.1) is 0 Å². The summed E-state index contributed by atoms with van der Waals surface area (Å²) in [6, 6.07) is 0. The molecule has 1 aromatic rings. The average molecular weight is 237 g/mol. The minimum atomic E-state index is -0.405. The van der Waals surface area contributed by atoms with Crippen LogP contribution in [0.15, 0.2) is 6.20 Å². The number of nitrogens with two attached hydrogens (primary N) is 1. The zero-order valence-electron chi connectivity index (χ0n) is 10.8. The Hall–Kier alpha value is -1.36. The number of hydrogen-bond acceptors (Lipinski definition) is 4. The van der Waals surface area contributed by atoms with Crippen molar-refractivity contribution < 1.29 is 9.53 Å². The summed E-state index contributed by atoms with van der Waals surface area (Å²) in [6.45, 7) is 4.12. The van der Waals surface area contributed by atoms with Gasteiger partial charge in [-0.25, -0.2) is 4.79 Å². The standard InChI is InChI=1S/C12H19N3O2/c1-11(2,12(13)5-6-12)8-7-15(3)14-9(8)10(16)17-4/h7H,5-6,13H2,1-4H3. The first-order chi connectivity index (χ1) is 7.82. The van der Waals surface area contributed by atoms with Crippen molar-refractivity contribution >= 4 is 5.97 Å². The fourth-order valence-corrected chi connectivity index (χ4v) is 2.22. The molecule has 1 aliphatic rings. The summed E-state index contributed by atoms with van der Waals surface area (Å²) in [5.41, 5.74) is 7.03. The summed E-state index contributed by atoms with van der Waals surface area (Å²) >= 11 is 0. The van der Waals surface area contributed by atoms with E-state index in [2.05, 4.69) is 18.9 Å². The Morgan fingerprint density at radius 3 is 2.65 bits per heavy atom. The number of aromatic nitrogens is 2. The van der Waals surface area contributed by atoms with Crippen LogP contribution in [-0.2, 0) is 17.2 Å². The number of rotatable bonds is 3. The van der Waals surface area contributed by atoms with Crippen molar-refractivity contribution in [2.75, 3.05) is 7.11 Å². The van der Waals surface area contributed by atoms with Crippen molar-refractivity contribution in [3.05, 3.63) is 17.5 Å². The van der Waals surface area contributed by atoms with Crippen LogP contribution in [0.2, 0.25) is 0 Å². The van der Waals surface area contributed by atoms with E-state index in [1.807, 2.05) is 6.20 Å². The maximum Gasteiger partial charge on any atom is 0.358 e. The van der Waals surface area contributed by atoms with E-state index in [-0.39, 0.29) is 11.0 Å². The molecule has 1 aromatic heterocycles. The van der Waals surface area contributed by atoms with Crippen molar-refractivity contribution in [1.82, 2.24) is 9.78 Å². The monoisotopic (exact) mass is 237 g/mol. The van der Waals surface area contributed by atoms with Crippen molar-refractivity contribution in [3.63, 3.8) is 0 Å². The summed E-state index contributed by atoms with van der Waals surface area (Å²) in [6.07, 6.45) is 3.82.